The van der Waals surface area contributed by atoms with Crippen molar-refractivity contribution in [2.45, 2.75) is 51.4 Å². The minimum atomic E-state index is -0.318. The Hall–Kier alpha value is -1.89. The number of rotatable bonds is 3. The maximum atomic E-state index is 13.3. The summed E-state index contributed by atoms with van der Waals surface area (Å²) in [6, 6.07) is 16.6. The molecule has 0 saturated heterocycles. The van der Waals surface area contributed by atoms with Crippen LogP contribution < -0.4 is 0 Å². The predicted octanol–water partition coefficient (Wildman–Crippen LogP) is 5.39. The van der Waals surface area contributed by atoms with Crippen LogP contribution in [0.1, 0.15) is 59.2 Å². The maximum Gasteiger partial charge on any atom is 0.173 e. The smallest absolute Gasteiger partial charge is 0.173 e. The zero-order valence-corrected chi connectivity index (χ0v) is 13.6. The van der Waals surface area contributed by atoms with Gasteiger partial charge in [-0.2, -0.15) is 0 Å². The fourth-order valence-corrected chi connectivity index (χ4v) is 3.66. The summed E-state index contributed by atoms with van der Waals surface area (Å²) < 4.78 is 0. The van der Waals surface area contributed by atoms with Gasteiger partial charge in [-0.15, -0.1) is 0 Å². The van der Waals surface area contributed by atoms with Crippen LogP contribution in [0.25, 0.3) is 0 Å². The molecule has 1 nitrogen and oxygen atoms in total. The van der Waals surface area contributed by atoms with E-state index in [4.69, 9.17) is 0 Å². The van der Waals surface area contributed by atoms with Crippen molar-refractivity contribution in [3.05, 3.63) is 70.8 Å². The molecule has 0 N–H and O–H groups in total. The van der Waals surface area contributed by atoms with Gasteiger partial charge in [-0.05, 0) is 32.3 Å². The predicted molar refractivity (Wildman–Crippen MR) is 91.5 cm³/mol. The third kappa shape index (κ3) is 2.72. The van der Waals surface area contributed by atoms with Gasteiger partial charge in [-0.25, -0.2) is 0 Å². The summed E-state index contributed by atoms with van der Waals surface area (Å²) in [5.74, 6) is 0.302. The molecule has 1 heteroatoms. The Morgan fingerprint density at radius 2 is 1.27 bits per heavy atom. The second-order valence-electron chi connectivity index (χ2n) is 6.70. The number of hydrogen-bond acceptors (Lipinski definition) is 1. The molecular weight excluding hydrogens is 268 g/mol. The summed E-state index contributed by atoms with van der Waals surface area (Å²) >= 11 is 0. The van der Waals surface area contributed by atoms with E-state index >= 15 is 0 Å². The maximum absolute atomic E-state index is 13.3. The number of hydrogen-bond donors (Lipinski definition) is 0. The summed E-state index contributed by atoms with van der Waals surface area (Å²) in [6.07, 6.45) is 5.48. The average Bonchev–Trinajstić information content (AvgIpc) is 2.56. The molecule has 22 heavy (non-hydrogen) atoms. The number of Topliss-reactive ketones (excluding diaryl/α,β-unsaturated/α-hetero) is 1. The van der Waals surface area contributed by atoms with Crippen LogP contribution in [0.3, 0.4) is 0 Å². The number of carbonyl (C=O) groups excluding carboxylic acids is 1. The van der Waals surface area contributed by atoms with Crippen molar-refractivity contribution < 1.29 is 4.79 Å². The van der Waals surface area contributed by atoms with Crippen LogP contribution in [0.4, 0.5) is 0 Å². The van der Waals surface area contributed by atoms with Crippen LogP contribution in [0.5, 0.6) is 0 Å². The lowest BCUT2D eigenvalue weighted by molar-refractivity contribution is 0.0839. The van der Waals surface area contributed by atoms with Crippen molar-refractivity contribution in [1.29, 1.82) is 0 Å². The van der Waals surface area contributed by atoms with E-state index in [0.29, 0.717) is 5.78 Å². The van der Waals surface area contributed by atoms with Crippen LogP contribution in [-0.2, 0) is 5.41 Å². The van der Waals surface area contributed by atoms with Crippen molar-refractivity contribution in [1.82, 2.24) is 0 Å². The highest BCUT2D eigenvalue weighted by molar-refractivity contribution is 6.04. The van der Waals surface area contributed by atoms with Crippen LogP contribution in [0.15, 0.2) is 48.5 Å². The summed E-state index contributed by atoms with van der Waals surface area (Å²) in [6.45, 7) is 4.16. The van der Waals surface area contributed by atoms with E-state index in [1.807, 2.05) is 24.3 Å². The van der Waals surface area contributed by atoms with E-state index < -0.39 is 0 Å². The second-order valence-corrected chi connectivity index (χ2v) is 6.70. The monoisotopic (exact) mass is 292 g/mol. The molecule has 0 aromatic heterocycles. The summed E-state index contributed by atoms with van der Waals surface area (Å²) in [7, 11) is 0. The molecule has 0 aliphatic heterocycles. The zero-order chi connectivity index (χ0) is 15.6. The Bertz CT molecular complexity index is 643. The third-order valence-corrected chi connectivity index (χ3v) is 5.06. The van der Waals surface area contributed by atoms with E-state index in [2.05, 4.69) is 38.1 Å². The molecule has 2 aromatic carbocycles. The van der Waals surface area contributed by atoms with Gasteiger partial charge in [0.2, 0.25) is 0 Å². The van der Waals surface area contributed by atoms with Crippen LogP contribution in [0.2, 0.25) is 0 Å². The van der Waals surface area contributed by atoms with E-state index in [-0.39, 0.29) is 5.41 Å². The first-order valence-corrected chi connectivity index (χ1v) is 8.30. The Labute approximate surface area is 133 Å². The van der Waals surface area contributed by atoms with Crippen LogP contribution in [0, 0.1) is 13.8 Å². The molecule has 1 saturated carbocycles. The Balaban J connectivity index is 2.03. The molecule has 0 heterocycles. The van der Waals surface area contributed by atoms with Gasteiger partial charge >= 0.3 is 0 Å². The molecule has 1 aliphatic rings. The first-order valence-electron chi connectivity index (χ1n) is 8.30. The normalized spacial score (nSPS) is 17.2. The molecule has 1 fully saturated rings. The zero-order valence-electron chi connectivity index (χ0n) is 13.6. The van der Waals surface area contributed by atoms with Crippen LogP contribution >= 0.6 is 0 Å². The van der Waals surface area contributed by atoms with Gasteiger partial charge in [-0.3, -0.25) is 4.79 Å². The largest absolute Gasteiger partial charge is 0.293 e. The summed E-state index contributed by atoms with van der Waals surface area (Å²) in [5, 5.41) is 0. The average molecular weight is 292 g/mol. The molecule has 3 rings (SSSR count). The lowest BCUT2D eigenvalue weighted by Crippen LogP contribution is -2.38. The first-order chi connectivity index (χ1) is 10.6. The van der Waals surface area contributed by atoms with E-state index in [1.165, 1.54) is 23.1 Å². The lowest BCUT2D eigenvalue weighted by atomic mass is 9.65. The van der Waals surface area contributed by atoms with Crippen LogP contribution in [-0.4, -0.2) is 5.78 Å². The number of ketones is 1. The van der Waals surface area contributed by atoms with E-state index in [1.54, 1.807) is 0 Å². The van der Waals surface area contributed by atoms with Crippen molar-refractivity contribution in [2.24, 2.45) is 0 Å². The molecule has 0 radical (unpaired) electrons. The Morgan fingerprint density at radius 1 is 0.773 bits per heavy atom. The highest BCUT2D eigenvalue weighted by atomic mass is 16.1. The molecule has 2 aromatic rings. The molecule has 1 aliphatic carbocycles. The van der Waals surface area contributed by atoms with E-state index in [9.17, 15) is 4.79 Å². The second kappa shape index (κ2) is 6.08. The summed E-state index contributed by atoms with van der Waals surface area (Å²) in [5.41, 5.74) is 4.18. The van der Waals surface area contributed by atoms with Gasteiger partial charge in [-0.1, -0.05) is 78.9 Å². The van der Waals surface area contributed by atoms with Gasteiger partial charge in [0.1, 0.15) is 0 Å². The molecule has 0 unspecified atom stereocenters. The number of carbonyl (C=O) groups is 1. The third-order valence-electron chi connectivity index (χ3n) is 5.06. The lowest BCUT2D eigenvalue weighted by Gasteiger charge is -2.36. The van der Waals surface area contributed by atoms with Gasteiger partial charge in [0.25, 0.3) is 0 Å². The topological polar surface area (TPSA) is 17.1 Å². The Kier molecular flexibility index (Phi) is 4.15. The molecule has 114 valence electrons. The first kappa shape index (κ1) is 15.0. The number of benzene rings is 2. The number of aryl methyl sites for hydroxylation is 2. The Morgan fingerprint density at radius 3 is 1.82 bits per heavy atom. The quantitative estimate of drug-likeness (QED) is 0.693. The van der Waals surface area contributed by atoms with E-state index in [0.717, 1.165) is 31.2 Å². The molecule has 0 bridgehead atoms. The SMILES string of the molecule is Cc1ccc(C(=O)C2(c3ccc(C)cc3)CCCCC2)cc1. The minimum absolute atomic E-state index is 0.302. The highest BCUT2D eigenvalue weighted by Gasteiger charge is 2.41. The standard InChI is InChI=1S/C21H24O/c1-16-6-10-18(11-7-16)20(22)21(14-4-3-5-15-21)19-12-8-17(2)9-13-19/h6-13H,3-5,14-15H2,1-2H3. The highest BCUT2D eigenvalue weighted by Crippen LogP contribution is 2.42. The van der Waals surface area contributed by atoms with Gasteiger partial charge in [0, 0.05) is 5.56 Å². The molecule has 0 atom stereocenters. The van der Waals surface area contributed by atoms with Gasteiger partial charge in [0.15, 0.2) is 5.78 Å². The minimum Gasteiger partial charge on any atom is -0.293 e. The van der Waals surface area contributed by atoms with Crippen molar-refractivity contribution in [2.75, 3.05) is 0 Å². The van der Waals surface area contributed by atoms with Crippen molar-refractivity contribution >= 4 is 5.78 Å². The van der Waals surface area contributed by atoms with Crippen molar-refractivity contribution in [3.63, 3.8) is 0 Å². The van der Waals surface area contributed by atoms with Crippen molar-refractivity contribution in [3.8, 4) is 0 Å². The van der Waals surface area contributed by atoms with Gasteiger partial charge < -0.3 is 0 Å². The summed E-state index contributed by atoms with van der Waals surface area (Å²) in [4.78, 5) is 13.3. The van der Waals surface area contributed by atoms with Gasteiger partial charge in [0.05, 0.1) is 5.41 Å². The fourth-order valence-electron chi connectivity index (χ4n) is 3.66. The fraction of sp³-hybridized carbons (Fsp3) is 0.381. The molecular formula is C21H24O. The molecule has 0 spiro atoms. The molecule has 0 amide bonds.